The molecule has 1 aromatic heterocycles. The summed E-state index contributed by atoms with van der Waals surface area (Å²) >= 11 is 3.42. The number of hydrogen-bond acceptors (Lipinski definition) is 2. The Kier molecular flexibility index (Phi) is 2.56. The van der Waals surface area contributed by atoms with Crippen molar-refractivity contribution in [3.8, 4) is 0 Å². The van der Waals surface area contributed by atoms with Crippen LogP contribution in [0.3, 0.4) is 0 Å². The lowest BCUT2D eigenvalue weighted by atomic mass is 9.99. The van der Waals surface area contributed by atoms with E-state index in [0.29, 0.717) is 12.5 Å². The van der Waals surface area contributed by atoms with Crippen LogP contribution in [0.5, 0.6) is 0 Å². The van der Waals surface area contributed by atoms with Crippen LogP contribution in [0.15, 0.2) is 22.8 Å². The lowest BCUT2D eigenvalue weighted by Gasteiger charge is -2.08. The Morgan fingerprint density at radius 2 is 2.36 bits per heavy atom. The van der Waals surface area contributed by atoms with E-state index in [1.807, 2.05) is 12.1 Å². The highest BCUT2D eigenvalue weighted by atomic mass is 79.9. The molecule has 1 atom stereocenters. The fourth-order valence-corrected chi connectivity index (χ4v) is 1.96. The topological polar surface area (TPSA) is 54.7 Å². The molecular formula is C10H12BrN3. The highest BCUT2D eigenvalue weighted by molar-refractivity contribution is 9.10. The van der Waals surface area contributed by atoms with Gasteiger partial charge in [-0.2, -0.15) is 5.10 Å². The number of H-pyrrole nitrogens is 1. The number of rotatable bonds is 2. The minimum Gasteiger partial charge on any atom is -0.330 e. The molecule has 0 saturated carbocycles. The Morgan fingerprint density at radius 1 is 1.57 bits per heavy atom. The van der Waals surface area contributed by atoms with E-state index < -0.39 is 0 Å². The Hall–Kier alpha value is -0.870. The van der Waals surface area contributed by atoms with Gasteiger partial charge in [0.25, 0.3) is 0 Å². The van der Waals surface area contributed by atoms with Crippen LogP contribution in [-0.2, 0) is 0 Å². The van der Waals surface area contributed by atoms with Crippen LogP contribution in [0.1, 0.15) is 18.4 Å². The van der Waals surface area contributed by atoms with Gasteiger partial charge in [-0.05, 0) is 34.0 Å². The zero-order valence-corrected chi connectivity index (χ0v) is 9.51. The van der Waals surface area contributed by atoms with Gasteiger partial charge in [-0.1, -0.05) is 25.1 Å². The predicted molar refractivity (Wildman–Crippen MR) is 61.3 cm³/mol. The quantitative estimate of drug-likeness (QED) is 0.864. The fourth-order valence-electron chi connectivity index (χ4n) is 1.55. The Morgan fingerprint density at radius 3 is 3.07 bits per heavy atom. The first kappa shape index (κ1) is 9.68. The monoisotopic (exact) mass is 253 g/mol. The number of nitrogens with one attached hydrogen (secondary N) is 1. The van der Waals surface area contributed by atoms with Gasteiger partial charge < -0.3 is 5.73 Å². The molecule has 74 valence electrons. The number of aromatic amines is 1. The molecule has 14 heavy (non-hydrogen) atoms. The van der Waals surface area contributed by atoms with Gasteiger partial charge in [0.2, 0.25) is 0 Å². The number of benzene rings is 1. The third-order valence-corrected chi connectivity index (χ3v) is 3.06. The van der Waals surface area contributed by atoms with Gasteiger partial charge >= 0.3 is 0 Å². The third-order valence-electron chi connectivity index (χ3n) is 2.45. The third kappa shape index (κ3) is 1.44. The summed E-state index contributed by atoms with van der Waals surface area (Å²) in [6.07, 6.45) is 0. The molecule has 0 aliphatic carbocycles. The smallest absolute Gasteiger partial charge is 0.108 e. The maximum absolute atomic E-state index is 5.65. The molecular weight excluding hydrogens is 242 g/mol. The van der Waals surface area contributed by atoms with Crippen molar-refractivity contribution in [2.45, 2.75) is 12.8 Å². The number of fused-ring (bicyclic) bond motifs is 1. The molecule has 3 nitrogen and oxygen atoms in total. The molecule has 0 saturated heterocycles. The van der Waals surface area contributed by atoms with E-state index in [4.69, 9.17) is 5.73 Å². The molecule has 0 aliphatic heterocycles. The largest absolute Gasteiger partial charge is 0.330 e. The van der Waals surface area contributed by atoms with Crippen molar-refractivity contribution in [3.63, 3.8) is 0 Å². The second-order valence-corrected chi connectivity index (χ2v) is 4.21. The lowest BCUT2D eigenvalue weighted by Crippen LogP contribution is -2.09. The maximum atomic E-state index is 5.65. The number of para-hydroxylation sites is 1. The molecule has 0 fully saturated rings. The number of aromatic nitrogens is 2. The van der Waals surface area contributed by atoms with Crippen LogP contribution in [0.25, 0.3) is 10.9 Å². The summed E-state index contributed by atoms with van der Waals surface area (Å²) in [5, 5.41) is 8.30. The minimum absolute atomic E-state index is 0.342. The van der Waals surface area contributed by atoms with Crippen LogP contribution >= 0.6 is 15.9 Å². The molecule has 2 aromatic rings. The highest BCUT2D eigenvalue weighted by Gasteiger charge is 2.11. The number of nitrogens with two attached hydrogens (primary N) is 1. The molecule has 3 N–H and O–H groups in total. The van der Waals surface area contributed by atoms with Gasteiger partial charge in [-0.3, -0.25) is 5.10 Å². The summed E-state index contributed by atoms with van der Waals surface area (Å²) in [5.41, 5.74) is 7.86. The van der Waals surface area contributed by atoms with Gasteiger partial charge in [0.1, 0.15) is 4.60 Å². The Balaban J connectivity index is 2.65. The van der Waals surface area contributed by atoms with Crippen LogP contribution in [0, 0.1) is 0 Å². The Labute approximate surface area is 90.8 Å². The normalized spacial score (nSPS) is 13.4. The molecule has 0 aliphatic rings. The van der Waals surface area contributed by atoms with Crippen molar-refractivity contribution in [1.29, 1.82) is 0 Å². The first-order valence-electron chi connectivity index (χ1n) is 4.56. The first-order valence-corrected chi connectivity index (χ1v) is 5.36. The molecule has 0 amide bonds. The highest BCUT2D eigenvalue weighted by Crippen LogP contribution is 2.27. The Bertz CT molecular complexity index is 450. The molecule has 0 spiro atoms. The van der Waals surface area contributed by atoms with Crippen molar-refractivity contribution < 1.29 is 0 Å². The number of halogens is 1. The fraction of sp³-hybridized carbons (Fsp3) is 0.300. The lowest BCUT2D eigenvalue weighted by molar-refractivity contribution is 0.778. The van der Waals surface area contributed by atoms with Gasteiger partial charge in [0, 0.05) is 5.39 Å². The van der Waals surface area contributed by atoms with E-state index in [-0.39, 0.29) is 0 Å². The molecule has 2 rings (SSSR count). The van der Waals surface area contributed by atoms with E-state index in [9.17, 15) is 0 Å². The van der Waals surface area contributed by atoms with Crippen molar-refractivity contribution in [3.05, 3.63) is 28.4 Å². The van der Waals surface area contributed by atoms with E-state index >= 15 is 0 Å². The molecule has 0 radical (unpaired) electrons. The van der Waals surface area contributed by atoms with Crippen molar-refractivity contribution in [2.24, 2.45) is 5.73 Å². The second kappa shape index (κ2) is 3.71. The zero-order valence-electron chi connectivity index (χ0n) is 7.92. The summed E-state index contributed by atoms with van der Waals surface area (Å²) < 4.78 is 0.929. The SMILES string of the molecule is CC(CN)c1cccc2c(Br)[nH]nc12. The predicted octanol–water partition coefficient (Wildman–Crippen LogP) is 2.39. The van der Waals surface area contributed by atoms with E-state index in [1.54, 1.807) is 0 Å². The second-order valence-electron chi connectivity index (χ2n) is 3.42. The summed E-state index contributed by atoms with van der Waals surface area (Å²) in [6.45, 7) is 2.75. The van der Waals surface area contributed by atoms with E-state index in [0.717, 1.165) is 15.5 Å². The maximum Gasteiger partial charge on any atom is 0.108 e. The zero-order chi connectivity index (χ0) is 10.1. The van der Waals surface area contributed by atoms with Crippen LogP contribution < -0.4 is 5.73 Å². The van der Waals surface area contributed by atoms with Gasteiger partial charge in [-0.15, -0.1) is 0 Å². The molecule has 1 aromatic carbocycles. The number of hydrogen-bond donors (Lipinski definition) is 2. The summed E-state index contributed by atoms with van der Waals surface area (Å²) in [4.78, 5) is 0. The van der Waals surface area contributed by atoms with Crippen molar-refractivity contribution in [1.82, 2.24) is 10.2 Å². The molecule has 4 heteroatoms. The molecule has 0 bridgehead atoms. The number of nitrogens with zero attached hydrogens (tertiary/aromatic N) is 1. The average molecular weight is 254 g/mol. The van der Waals surface area contributed by atoms with Gasteiger partial charge in [0.15, 0.2) is 0 Å². The summed E-state index contributed by atoms with van der Waals surface area (Å²) in [6, 6.07) is 6.15. The average Bonchev–Trinajstić information content (AvgIpc) is 2.59. The van der Waals surface area contributed by atoms with Crippen LogP contribution in [-0.4, -0.2) is 16.7 Å². The first-order chi connectivity index (χ1) is 6.74. The van der Waals surface area contributed by atoms with Gasteiger partial charge in [0.05, 0.1) is 5.52 Å². The molecule has 1 heterocycles. The van der Waals surface area contributed by atoms with Crippen LogP contribution in [0.4, 0.5) is 0 Å². The standard InChI is InChI=1S/C10H12BrN3/c1-6(5-12)7-3-2-4-8-9(7)13-14-10(8)11/h2-4,6H,5,12H2,1H3,(H,13,14). The minimum atomic E-state index is 0.342. The van der Waals surface area contributed by atoms with Crippen LogP contribution in [0.2, 0.25) is 0 Å². The van der Waals surface area contributed by atoms with E-state index in [2.05, 4.69) is 39.1 Å². The van der Waals surface area contributed by atoms with Crippen molar-refractivity contribution >= 4 is 26.8 Å². The molecule has 1 unspecified atom stereocenters. The van der Waals surface area contributed by atoms with E-state index in [1.165, 1.54) is 5.56 Å². The van der Waals surface area contributed by atoms with Gasteiger partial charge in [-0.25, -0.2) is 0 Å². The summed E-state index contributed by atoms with van der Waals surface area (Å²) in [5.74, 6) is 0.342. The van der Waals surface area contributed by atoms with Crippen molar-refractivity contribution in [2.75, 3.05) is 6.54 Å². The summed E-state index contributed by atoms with van der Waals surface area (Å²) in [7, 11) is 0.